The Morgan fingerprint density at radius 1 is 1.47 bits per heavy atom. The van der Waals surface area contributed by atoms with Crippen LogP contribution < -0.4 is 5.32 Å². The molecule has 0 aromatic carbocycles. The first-order valence-electron chi connectivity index (χ1n) is 6.02. The van der Waals surface area contributed by atoms with Gasteiger partial charge in [-0.15, -0.1) is 0 Å². The number of anilines is 1. The Bertz CT molecular complexity index is 534. The molecular formula is C11H17N3O3S2. The molecule has 0 amide bonds. The van der Waals surface area contributed by atoms with Crippen molar-refractivity contribution in [3.05, 3.63) is 11.8 Å². The maximum Gasteiger partial charge on any atom is 0.189 e. The van der Waals surface area contributed by atoms with Gasteiger partial charge >= 0.3 is 0 Å². The first-order chi connectivity index (χ1) is 9.04. The van der Waals surface area contributed by atoms with E-state index in [1.54, 1.807) is 6.20 Å². The summed E-state index contributed by atoms with van der Waals surface area (Å²) in [5.74, 6) is 1.02. The van der Waals surface area contributed by atoms with Crippen LogP contribution >= 0.6 is 11.8 Å². The minimum absolute atomic E-state index is 0.0819. The zero-order chi connectivity index (χ0) is 13.9. The van der Waals surface area contributed by atoms with Crippen LogP contribution in [-0.4, -0.2) is 47.3 Å². The molecule has 2 heterocycles. The van der Waals surface area contributed by atoms with Crippen molar-refractivity contribution in [2.75, 3.05) is 23.1 Å². The van der Waals surface area contributed by atoms with Crippen molar-refractivity contribution in [2.24, 2.45) is 0 Å². The van der Waals surface area contributed by atoms with E-state index in [2.05, 4.69) is 15.3 Å². The van der Waals surface area contributed by atoms with Gasteiger partial charge in [-0.1, -0.05) is 11.8 Å². The van der Waals surface area contributed by atoms with E-state index in [1.165, 1.54) is 11.8 Å². The third-order valence-electron chi connectivity index (χ3n) is 3.09. The standard InChI is InChI=1S/C11H17N3O3S2/c1-18-11-12-6-8(7-15)10(14-11)13-9-2-4-19(16,17)5-3-9/h6,9,15H,2-5,7H2,1H3,(H,12,13,14). The van der Waals surface area contributed by atoms with Crippen molar-refractivity contribution in [3.8, 4) is 0 Å². The Kier molecular flexibility index (Phi) is 4.64. The zero-order valence-corrected chi connectivity index (χ0v) is 12.3. The summed E-state index contributed by atoms with van der Waals surface area (Å²) >= 11 is 1.42. The van der Waals surface area contributed by atoms with Crippen LogP contribution in [0.15, 0.2) is 11.4 Å². The predicted octanol–water partition coefficient (Wildman–Crippen LogP) is 0.680. The number of hydrogen-bond acceptors (Lipinski definition) is 7. The smallest absolute Gasteiger partial charge is 0.189 e. The van der Waals surface area contributed by atoms with E-state index in [-0.39, 0.29) is 24.2 Å². The fraction of sp³-hybridized carbons (Fsp3) is 0.636. The van der Waals surface area contributed by atoms with Crippen LogP contribution in [0.1, 0.15) is 18.4 Å². The number of sulfone groups is 1. The van der Waals surface area contributed by atoms with Gasteiger partial charge in [0.2, 0.25) is 0 Å². The Morgan fingerprint density at radius 3 is 2.74 bits per heavy atom. The van der Waals surface area contributed by atoms with Crippen molar-refractivity contribution in [2.45, 2.75) is 30.6 Å². The molecule has 2 N–H and O–H groups in total. The number of hydrogen-bond donors (Lipinski definition) is 2. The lowest BCUT2D eigenvalue weighted by Gasteiger charge is -2.24. The number of rotatable bonds is 4. The summed E-state index contributed by atoms with van der Waals surface area (Å²) in [6.07, 6.45) is 4.63. The number of thioether (sulfide) groups is 1. The molecule has 1 aliphatic heterocycles. The maximum absolute atomic E-state index is 11.4. The van der Waals surface area contributed by atoms with Crippen LogP contribution in [0, 0.1) is 0 Å². The van der Waals surface area contributed by atoms with Gasteiger partial charge in [-0.05, 0) is 19.1 Å². The molecule has 0 bridgehead atoms. The first kappa shape index (κ1) is 14.5. The van der Waals surface area contributed by atoms with Crippen LogP contribution in [0.25, 0.3) is 0 Å². The van der Waals surface area contributed by atoms with Crippen LogP contribution in [0.3, 0.4) is 0 Å². The highest BCUT2D eigenvalue weighted by atomic mass is 32.2. The van der Waals surface area contributed by atoms with Gasteiger partial charge in [-0.3, -0.25) is 0 Å². The third-order valence-corrected chi connectivity index (χ3v) is 5.37. The average molecular weight is 303 g/mol. The number of nitrogens with zero attached hydrogens (tertiary/aromatic N) is 2. The molecule has 1 saturated heterocycles. The normalized spacial score (nSPS) is 19.3. The minimum Gasteiger partial charge on any atom is -0.391 e. The summed E-state index contributed by atoms with van der Waals surface area (Å²) in [4.78, 5) is 8.42. The fourth-order valence-corrected chi connectivity index (χ4v) is 3.79. The Labute approximate surface area is 117 Å². The predicted molar refractivity (Wildman–Crippen MR) is 75.0 cm³/mol. The lowest BCUT2D eigenvalue weighted by atomic mass is 10.1. The Morgan fingerprint density at radius 2 is 2.16 bits per heavy atom. The highest BCUT2D eigenvalue weighted by Gasteiger charge is 2.24. The fourth-order valence-electron chi connectivity index (χ4n) is 1.96. The molecule has 8 heteroatoms. The zero-order valence-electron chi connectivity index (χ0n) is 10.7. The topological polar surface area (TPSA) is 92.2 Å². The van der Waals surface area contributed by atoms with E-state index in [0.29, 0.717) is 29.4 Å². The van der Waals surface area contributed by atoms with Gasteiger partial charge in [-0.2, -0.15) is 0 Å². The van der Waals surface area contributed by atoms with Gasteiger partial charge in [-0.25, -0.2) is 18.4 Å². The lowest BCUT2D eigenvalue weighted by molar-refractivity contribution is 0.281. The van der Waals surface area contributed by atoms with Crippen LogP contribution in [0.4, 0.5) is 5.82 Å². The number of aliphatic hydroxyl groups is 1. The number of aliphatic hydroxyl groups excluding tert-OH is 1. The van der Waals surface area contributed by atoms with Gasteiger partial charge in [0.25, 0.3) is 0 Å². The summed E-state index contributed by atoms with van der Waals surface area (Å²) in [5.41, 5.74) is 0.631. The second kappa shape index (κ2) is 6.06. The number of aromatic nitrogens is 2. The highest BCUT2D eigenvalue weighted by molar-refractivity contribution is 7.98. The molecule has 1 fully saturated rings. The molecule has 0 aliphatic carbocycles. The number of nitrogens with one attached hydrogen (secondary N) is 1. The third kappa shape index (κ3) is 3.80. The molecule has 106 valence electrons. The highest BCUT2D eigenvalue weighted by Crippen LogP contribution is 2.21. The molecule has 19 heavy (non-hydrogen) atoms. The Hall–Kier alpha value is -0.860. The largest absolute Gasteiger partial charge is 0.391 e. The molecule has 0 radical (unpaired) electrons. The molecule has 0 spiro atoms. The second-order valence-electron chi connectivity index (χ2n) is 4.46. The summed E-state index contributed by atoms with van der Waals surface area (Å²) < 4.78 is 22.8. The van der Waals surface area contributed by atoms with E-state index in [1.807, 2.05) is 6.26 Å². The Balaban J connectivity index is 2.10. The summed E-state index contributed by atoms with van der Waals surface area (Å²) in [5, 5.41) is 13.1. The minimum atomic E-state index is -2.86. The van der Waals surface area contributed by atoms with E-state index >= 15 is 0 Å². The van der Waals surface area contributed by atoms with Gasteiger partial charge < -0.3 is 10.4 Å². The monoisotopic (exact) mass is 303 g/mol. The summed E-state index contributed by atoms with van der Waals surface area (Å²) in [7, 11) is -2.86. The van der Waals surface area contributed by atoms with Gasteiger partial charge in [0.1, 0.15) is 15.7 Å². The molecule has 6 nitrogen and oxygen atoms in total. The van der Waals surface area contributed by atoms with Crippen molar-refractivity contribution < 1.29 is 13.5 Å². The second-order valence-corrected chi connectivity index (χ2v) is 7.54. The van der Waals surface area contributed by atoms with Crippen molar-refractivity contribution in [3.63, 3.8) is 0 Å². The van der Waals surface area contributed by atoms with Crippen LogP contribution in [0.2, 0.25) is 0 Å². The molecule has 1 aromatic rings. The molecule has 0 saturated carbocycles. The van der Waals surface area contributed by atoms with E-state index in [0.717, 1.165) is 0 Å². The molecular weight excluding hydrogens is 286 g/mol. The quantitative estimate of drug-likeness (QED) is 0.624. The van der Waals surface area contributed by atoms with E-state index in [9.17, 15) is 13.5 Å². The lowest BCUT2D eigenvalue weighted by Crippen LogP contribution is -2.32. The molecule has 0 unspecified atom stereocenters. The maximum atomic E-state index is 11.4. The van der Waals surface area contributed by atoms with Gasteiger partial charge in [0.15, 0.2) is 5.16 Å². The summed E-state index contributed by atoms with van der Waals surface area (Å²) in [6.45, 7) is -0.137. The van der Waals surface area contributed by atoms with Crippen molar-refractivity contribution >= 4 is 27.4 Å². The van der Waals surface area contributed by atoms with Gasteiger partial charge in [0.05, 0.1) is 18.1 Å². The summed E-state index contributed by atoms with van der Waals surface area (Å²) in [6, 6.07) is 0.0819. The van der Waals surface area contributed by atoms with Crippen LogP contribution in [-0.2, 0) is 16.4 Å². The van der Waals surface area contributed by atoms with E-state index < -0.39 is 9.84 Å². The van der Waals surface area contributed by atoms with Crippen LogP contribution in [0.5, 0.6) is 0 Å². The molecule has 1 aliphatic rings. The van der Waals surface area contributed by atoms with Crippen molar-refractivity contribution in [1.82, 2.24) is 9.97 Å². The SMILES string of the molecule is CSc1ncc(CO)c(NC2CCS(=O)(=O)CC2)n1. The van der Waals surface area contributed by atoms with E-state index in [4.69, 9.17) is 0 Å². The molecule has 2 rings (SSSR count). The van der Waals surface area contributed by atoms with Gasteiger partial charge in [0, 0.05) is 17.8 Å². The van der Waals surface area contributed by atoms with Crippen molar-refractivity contribution in [1.29, 1.82) is 0 Å². The average Bonchev–Trinajstić information content (AvgIpc) is 2.41. The molecule has 0 atom stereocenters. The first-order valence-corrected chi connectivity index (χ1v) is 9.06. The molecule has 1 aromatic heterocycles.